The zero-order valence-corrected chi connectivity index (χ0v) is 20.2. The van der Waals surface area contributed by atoms with Gasteiger partial charge in [-0.25, -0.2) is 0 Å². The van der Waals surface area contributed by atoms with Crippen molar-refractivity contribution < 1.29 is 15.3 Å². The van der Waals surface area contributed by atoms with Gasteiger partial charge in [0.25, 0.3) is 0 Å². The van der Waals surface area contributed by atoms with Crippen molar-refractivity contribution in [3.8, 4) is 17.2 Å². The summed E-state index contributed by atoms with van der Waals surface area (Å²) in [5.74, 6) is 0.755. The maximum Gasteiger partial charge on any atom is 0.115 e. The molecule has 2 unspecified atom stereocenters. The molecule has 4 aromatic rings. The van der Waals surface area contributed by atoms with Crippen LogP contribution in [-0.4, -0.2) is 15.3 Å². The first-order valence-corrected chi connectivity index (χ1v) is 11.5. The zero-order chi connectivity index (χ0) is 25.5. The van der Waals surface area contributed by atoms with Crippen LogP contribution in [0.4, 0.5) is 0 Å². The number of nitrogens with two attached hydrogens (primary N) is 2. The van der Waals surface area contributed by atoms with E-state index in [9.17, 15) is 15.3 Å². The second-order valence-corrected chi connectivity index (χ2v) is 9.43. The van der Waals surface area contributed by atoms with Gasteiger partial charge in [-0.2, -0.15) is 0 Å². The minimum atomic E-state index is -0.509. The fourth-order valence-electron chi connectivity index (χ4n) is 3.95. The molecule has 0 aliphatic heterocycles. The zero-order valence-electron chi connectivity index (χ0n) is 20.2. The van der Waals surface area contributed by atoms with E-state index in [1.54, 1.807) is 36.4 Å². The van der Waals surface area contributed by atoms with Crippen molar-refractivity contribution in [1.29, 1.82) is 0 Å². The van der Waals surface area contributed by atoms with Gasteiger partial charge in [-0.1, -0.05) is 66.7 Å². The molecule has 0 saturated carbocycles. The Hall–Kier alpha value is -3.80. The molecule has 0 aromatic heterocycles. The van der Waals surface area contributed by atoms with Gasteiger partial charge in [-0.15, -0.1) is 0 Å². The highest BCUT2D eigenvalue weighted by atomic mass is 16.3. The summed E-state index contributed by atoms with van der Waals surface area (Å²) < 4.78 is 0. The molecule has 7 N–H and O–H groups in total. The van der Waals surface area contributed by atoms with Gasteiger partial charge in [-0.05, 0) is 85.3 Å². The Bertz CT molecular complexity index is 1190. The van der Waals surface area contributed by atoms with Crippen LogP contribution >= 0.6 is 0 Å². The van der Waals surface area contributed by atoms with Crippen LogP contribution < -0.4 is 11.5 Å². The average Bonchev–Trinajstić information content (AvgIpc) is 2.82. The fourth-order valence-corrected chi connectivity index (χ4v) is 3.95. The number of benzene rings is 4. The van der Waals surface area contributed by atoms with Gasteiger partial charge >= 0.3 is 0 Å². The molecule has 35 heavy (non-hydrogen) atoms. The van der Waals surface area contributed by atoms with Gasteiger partial charge in [0.15, 0.2) is 0 Å². The maximum atomic E-state index is 9.27. The normalized spacial score (nSPS) is 14.2. The third kappa shape index (κ3) is 7.60. The molecule has 0 heterocycles. The third-order valence-corrected chi connectivity index (χ3v) is 5.98. The quantitative estimate of drug-likeness (QED) is 0.262. The molecule has 182 valence electrons. The van der Waals surface area contributed by atoms with E-state index in [-0.39, 0.29) is 17.2 Å². The van der Waals surface area contributed by atoms with E-state index in [1.165, 1.54) is 5.56 Å². The van der Waals surface area contributed by atoms with E-state index in [0.717, 1.165) is 23.1 Å². The van der Waals surface area contributed by atoms with Crippen LogP contribution in [0.3, 0.4) is 0 Å². The van der Waals surface area contributed by atoms with Gasteiger partial charge in [0.1, 0.15) is 17.2 Å². The highest BCUT2D eigenvalue weighted by Crippen LogP contribution is 2.26. The molecule has 4 rings (SSSR count). The van der Waals surface area contributed by atoms with Crippen molar-refractivity contribution in [3.05, 3.63) is 125 Å². The van der Waals surface area contributed by atoms with Gasteiger partial charge in [0.2, 0.25) is 0 Å². The smallest absolute Gasteiger partial charge is 0.115 e. The lowest BCUT2D eigenvalue weighted by atomic mass is 9.86. The van der Waals surface area contributed by atoms with E-state index in [0.29, 0.717) is 6.42 Å². The van der Waals surface area contributed by atoms with Crippen LogP contribution in [-0.2, 0) is 23.9 Å². The molecule has 0 radical (unpaired) electrons. The number of aromatic hydroxyl groups is 3. The Labute approximate surface area is 207 Å². The second kappa shape index (κ2) is 11.1. The Balaban J connectivity index is 0.000000196. The minimum absolute atomic E-state index is 0.235. The van der Waals surface area contributed by atoms with Crippen molar-refractivity contribution >= 4 is 0 Å². The molecule has 5 nitrogen and oxygen atoms in total. The second-order valence-electron chi connectivity index (χ2n) is 9.43. The Morgan fingerprint density at radius 1 is 0.486 bits per heavy atom. The van der Waals surface area contributed by atoms with E-state index >= 15 is 0 Å². The van der Waals surface area contributed by atoms with Gasteiger partial charge in [0.05, 0.1) is 0 Å². The van der Waals surface area contributed by atoms with Crippen molar-refractivity contribution in [1.82, 2.24) is 0 Å². The van der Waals surface area contributed by atoms with Gasteiger partial charge in [0, 0.05) is 11.1 Å². The minimum Gasteiger partial charge on any atom is -0.508 e. The summed E-state index contributed by atoms with van der Waals surface area (Å²) in [5, 5.41) is 27.8. The molecule has 2 atom stereocenters. The van der Waals surface area contributed by atoms with E-state index in [4.69, 9.17) is 11.5 Å². The number of phenols is 3. The van der Waals surface area contributed by atoms with E-state index < -0.39 is 11.1 Å². The monoisotopic (exact) mass is 470 g/mol. The summed E-state index contributed by atoms with van der Waals surface area (Å²) in [7, 11) is 0. The van der Waals surface area contributed by atoms with Crippen LogP contribution in [0.2, 0.25) is 0 Å². The molecular weight excluding hydrogens is 436 g/mol. The number of rotatable bonds is 6. The molecule has 0 aliphatic rings. The van der Waals surface area contributed by atoms with Gasteiger partial charge in [-0.3, -0.25) is 0 Å². The van der Waals surface area contributed by atoms with Crippen molar-refractivity contribution in [3.63, 3.8) is 0 Å². The summed E-state index contributed by atoms with van der Waals surface area (Å²) >= 11 is 0. The number of hydrogen-bond donors (Lipinski definition) is 5. The highest BCUT2D eigenvalue weighted by Gasteiger charge is 2.22. The lowest BCUT2D eigenvalue weighted by molar-refractivity contribution is 0.466. The number of phenolic OH excluding ortho intramolecular Hbond substituents is 3. The van der Waals surface area contributed by atoms with Crippen LogP contribution in [0.1, 0.15) is 36.1 Å². The molecule has 0 bridgehead atoms. The molecule has 0 spiro atoms. The fraction of sp³-hybridized carbons (Fsp3) is 0.200. The highest BCUT2D eigenvalue weighted by molar-refractivity contribution is 5.34. The molecule has 0 saturated heterocycles. The summed E-state index contributed by atoms with van der Waals surface area (Å²) in [6.45, 7) is 3.96. The first-order chi connectivity index (χ1) is 16.5. The molecule has 0 fully saturated rings. The summed E-state index contributed by atoms with van der Waals surface area (Å²) in [4.78, 5) is 0. The maximum absolute atomic E-state index is 9.27. The molecular formula is C30H34N2O3. The SMILES string of the molecule is CC(N)(Cc1ccc(O)cc1)c1ccc(O)cc1.CC(N)(Cc1ccccc1)c1ccc(O)cc1. The average molecular weight is 471 g/mol. The first-order valence-electron chi connectivity index (χ1n) is 11.5. The molecule has 5 heteroatoms. The van der Waals surface area contributed by atoms with Crippen LogP contribution in [0.5, 0.6) is 17.2 Å². The van der Waals surface area contributed by atoms with Crippen LogP contribution in [0.15, 0.2) is 103 Å². The molecule has 0 amide bonds. The largest absolute Gasteiger partial charge is 0.508 e. The molecule has 0 aliphatic carbocycles. The van der Waals surface area contributed by atoms with E-state index in [1.807, 2.05) is 68.4 Å². The van der Waals surface area contributed by atoms with Crippen molar-refractivity contribution in [2.45, 2.75) is 37.8 Å². The van der Waals surface area contributed by atoms with Gasteiger partial charge < -0.3 is 26.8 Å². The lowest BCUT2D eigenvalue weighted by Gasteiger charge is -2.25. The van der Waals surface area contributed by atoms with Crippen molar-refractivity contribution in [2.75, 3.05) is 0 Å². The topological polar surface area (TPSA) is 113 Å². The van der Waals surface area contributed by atoms with Crippen molar-refractivity contribution in [2.24, 2.45) is 11.5 Å². The summed E-state index contributed by atoms with van der Waals surface area (Å²) in [5.41, 5.74) is 16.0. The Morgan fingerprint density at radius 2 is 0.800 bits per heavy atom. The van der Waals surface area contributed by atoms with Crippen LogP contribution in [0, 0.1) is 0 Å². The van der Waals surface area contributed by atoms with E-state index in [2.05, 4.69) is 12.1 Å². The number of hydrogen-bond acceptors (Lipinski definition) is 5. The summed E-state index contributed by atoms with van der Waals surface area (Å²) in [6, 6.07) is 31.2. The Kier molecular flexibility index (Phi) is 8.18. The lowest BCUT2D eigenvalue weighted by Crippen LogP contribution is -2.35. The first kappa shape index (κ1) is 25.8. The predicted molar refractivity (Wildman–Crippen MR) is 141 cm³/mol. The third-order valence-electron chi connectivity index (χ3n) is 5.98. The Morgan fingerprint density at radius 3 is 1.17 bits per heavy atom. The summed E-state index contributed by atoms with van der Waals surface area (Å²) in [6.07, 6.45) is 1.44. The van der Waals surface area contributed by atoms with Crippen LogP contribution in [0.25, 0.3) is 0 Å². The predicted octanol–water partition coefficient (Wildman–Crippen LogP) is 5.32. The molecule has 4 aromatic carbocycles. The standard InChI is InChI=1S/C15H17NO2.C15H17NO/c1-15(16,12-4-8-14(18)9-5-12)10-11-2-6-13(17)7-3-11;1-15(16,11-12-5-3-2-4-6-12)13-7-9-14(17)10-8-13/h2-9,17-18H,10,16H2,1H3;2-10,17H,11,16H2,1H3.